The van der Waals surface area contributed by atoms with Gasteiger partial charge in [-0.25, -0.2) is 0 Å². The molecule has 0 bridgehead atoms. The van der Waals surface area contributed by atoms with E-state index in [9.17, 15) is 0 Å². The lowest BCUT2D eigenvalue weighted by molar-refractivity contribution is 0.576. The largest absolute Gasteiger partial charge is 0.271 e. The molecule has 0 aliphatic carbocycles. The second-order valence-electron chi connectivity index (χ2n) is 3.62. The number of benzene rings is 1. The molecule has 1 aromatic rings. The lowest BCUT2D eigenvalue weighted by Gasteiger charge is -2.15. The van der Waals surface area contributed by atoms with Crippen molar-refractivity contribution in [2.75, 3.05) is 12.0 Å². The van der Waals surface area contributed by atoms with Gasteiger partial charge < -0.3 is 0 Å². The highest BCUT2D eigenvalue weighted by atomic mass is 35.5. The maximum atomic E-state index is 6.16. The maximum absolute atomic E-state index is 6.16. The topological polar surface area (TPSA) is 38.0 Å². The van der Waals surface area contributed by atoms with Crippen molar-refractivity contribution in [1.29, 1.82) is 0 Å². The van der Waals surface area contributed by atoms with E-state index < -0.39 is 0 Å². The summed E-state index contributed by atoms with van der Waals surface area (Å²) in [7, 11) is 0. The van der Waals surface area contributed by atoms with Crippen molar-refractivity contribution < 1.29 is 0 Å². The van der Waals surface area contributed by atoms with Crippen LogP contribution in [0, 0.1) is 6.92 Å². The molecule has 0 radical (unpaired) electrons. The summed E-state index contributed by atoms with van der Waals surface area (Å²) >= 11 is 7.93. The van der Waals surface area contributed by atoms with E-state index in [1.165, 1.54) is 5.56 Å². The lowest BCUT2D eigenvalue weighted by Crippen LogP contribution is -2.38. The van der Waals surface area contributed by atoms with Crippen molar-refractivity contribution in [3.63, 3.8) is 0 Å². The number of rotatable bonds is 5. The Morgan fingerprint density at radius 1 is 1.53 bits per heavy atom. The van der Waals surface area contributed by atoms with Crippen LogP contribution in [0.25, 0.3) is 0 Å². The highest BCUT2D eigenvalue weighted by Gasteiger charge is 2.09. The van der Waals surface area contributed by atoms with Crippen LogP contribution in [0.2, 0.25) is 5.02 Å². The minimum Gasteiger partial charge on any atom is -0.271 e. The molecule has 1 rings (SSSR count). The summed E-state index contributed by atoms with van der Waals surface area (Å²) in [4.78, 5) is 0. The number of nitrogens with one attached hydrogen (secondary N) is 1. The van der Waals surface area contributed by atoms with Gasteiger partial charge >= 0.3 is 0 Å². The Bertz CT molecular complexity index is 317. The third kappa shape index (κ3) is 4.03. The zero-order valence-electron chi connectivity index (χ0n) is 9.09. The number of halogens is 1. The van der Waals surface area contributed by atoms with E-state index in [1.807, 2.05) is 13.0 Å². The summed E-state index contributed by atoms with van der Waals surface area (Å²) in [6.45, 7) is 2.04. The van der Waals surface area contributed by atoms with Gasteiger partial charge in [-0.05, 0) is 36.8 Å². The average Bonchev–Trinajstić information content (AvgIpc) is 2.21. The summed E-state index contributed by atoms with van der Waals surface area (Å²) in [6, 6.07) is 6.42. The number of aryl methyl sites for hydroxylation is 1. The van der Waals surface area contributed by atoms with Gasteiger partial charge in [0.1, 0.15) is 0 Å². The summed E-state index contributed by atoms with van der Waals surface area (Å²) in [5.74, 6) is 6.47. The number of hydrazine groups is 1. The van der Waals surface area contributed by atoms with Crippen LogP contribution in [-0.2, 0) is 6.42 Å². The van der Waals surface area contributed by atoms with Crippen LogP contribution >= 0.6 is 23.4 Å². The molecular weight excluding hydrogens is 228 g/mol. The van der Waals surface area contributed by atoms with Gasteiger partial charge in [0.2, 0.25) is 0 Å². The monoisotopic (exact) mass is 244 g/mol. The minimum atomic E-state index is 0.278. The third-order valence-electron chi connectivity index (χ3n) is 2.28. The first-order chi connectivity index (χ1) is 7.17. The molecule has 2 nitrogen and oxygen atoms in total. The average molecular weight is 245 g/mol. The summed E-state index contributed by atoms with van der Waals surface area (Å²) in [6.07, 6.45) is 2.94. The van der Waals surface area contributed by atoms with E-state index in [-0.39, 0.29) is 6.04 Å². The molecule has 0 aliphatic rings. The zero-order valence-corrected chi connectivity index (χ0v) is 10.7. The SMILES string of the molecule is CSCC(Cc1ccc(C)cc1Cl)NN. The van der Waals surface area contributed by atoms with E-state index in [0.717, 1.165) is 22.8 Å². The van der Waals surface area contributed by atoms with Crippen LogP contribution in [0.4, 0.5) is 0 Å². The predicted molar refractivity (Wildman–Crippen MR) is 69.4 cm³/mol. The van der Waals surface area contributed by atoms with Gasteiger partial charge in [0.05, 0.1) is 0 Å². The Kier molecular flexibility index (Phi) is 5.47. The van der Waals surface area contributed by atoms with Crippen LogP contribution in [0.1, 0.15) is 11.1 Å². The molecule has 4 heteroatoms. The first-order valence-electron chi connectivity index (χ1n) is 4.87. The molecule has 3 N–H and O–H groups in total. The van der Waals surface area contributed by atoms with E-state index in [4.69, 9.17) is 17.4 Å². The van der Waals surface area contributed by atoms with Crippen molar-refractivity contribution >= 4 is 23.4 Å². The Morgan fingerprint density at radius 3 is 2.80 bits per heavy atom. The maximum Gasteiger partial charge on any atom is 0.0441 e. The normalized spacial score (nSPS) is 12.8. The molecule has 1 unspecified atom stereocenters. The molecule has 1 aromatic carbocycles. The van der Waals surface area contributed by atoms with Crippen molar-refractivity contribution in [2.45, 2.75) is 19.4 Å². The molecule has 0 aromatic heterocycles. The van der Waals surface area contributed by atoms with Crippen molar-refractivity contribution in [3.05, 3.63) is 34.3 Å². The van der Waals surface area contributed by atoms with Crippen molar-refractivity contribution in [3.8, 4) is 0 Å². The van der Waals surface area contributed by atoms with Crippen LogP contribution in [0.15, 0.2) is 18.2 Å². The van der Waals surface area contributed by atoms with E-state index >= 15 is 0 Å². The number of nitrogens with two attached hydrogens (primary N) is 1. The Morgan fingerprint density at radius 2 is 2.27 bits per heavy atom. The Hall–Kier alpha value is -0.220. The fraction of sp³-hybridized carbons (Fsp3) is 0.455. The quantitative estimate of drug-likeness (QED) is 0.617. The summed E-state index contributed by atoms with van der Waals surface area (Å²) < 4.78 is 0. The van der Waals surface area contributed by atoms with Crippen molar-refractivity contribution in [1.82, 2.24) is 5.43 Å². The van der Waals surface area contributed by atoms with Gasteiger partial charge in [0.15, 0.2) is 0 Å². The standard InChI is InChI=1S/C11H17ClN2S/c1-8-3-4-9(11(12)5-8)6-10(14-13)7-15-2/h3-5,10,14H,6-7,13H2,1-2H3. The third-order valence-corrected chi connectivity index (χ3v) is 3.37. The Labute approximate surface area is 101 Å². The molecule has 0 spiro atoms. The van der Waals surface area contributed by atoms with Crippen LogP contribution in [0.5, 0.6) is 0 Å². The number of thioether (sulfide) groups is 1. The van der Waals surface area contributed by atoms with E-state index in [2.05, 4.69) is 23.8 Å². The van der Waals surface area contributed by atoms with Gasteiger partial charge in [0, 0.05) is 16.8 Å². The number of hydrogen-bond acceptors (Lipinski definition) is 3. The first-order valence-corrected chi connectivity index (χ1v) is 6.64. The fourth-order valence-electron chi connectivity index (χ4n) is 1.45. The van der Waals surface area contributed by atoms with Gasteiger partial charge in [0.25, 0.3) is 0 Å². The zero-order chi connectivity index (χ0) is 11.3. The van der Waals surface area contributed by atoms with Gasteiger partial charge in [-0.1, -0.05) is 23.7 Å². The molecule has 0 amide bonds. The molecule has 0 heterocycles. The van der Waals surface area contributed by atoms with Gasteiger partial charge in [-0.3, -0.25) is 11.3 Å². The van der Waals surface area contributed by atoms with Crippen LogP contribution in [-0.4, -0.2) is 18.1 Å². The van der Waals surface area contributed by atoms with Crippen molar-refractivity contribution in [2.24, 2.45) is 5.84 Å². The molecule has 0 saturated heterocycles. The van der Waals surface area contributed by atoms with Crippen LogP contribution in [0.3, 0.4) is 0 Å². The summed E-state index contributed by atoms with van der Waals surface area (Å²) in [5.41, 5.74) is 5.15. The first kappa shape index (κ1) is 12.8. The Balaban J connectivity index is 2.70. The molecule has 1 atom stereocenters. The fourth-order valence-corrected chi connectivity index (χ4v) is 2.38. The van der Waals surface area contributed by atoms with Gasteiger partial charge in [-0.15, -0.1) is 0 Å². The molecule has 15 heavy (non-hydrogen) atoms. The highest BCUT2D eigenvalue weighted by molar-refractivity contribution is 7.98. The second-order valence-corrected chi connectivity index (χ2v) is 4.94. The smallest absolute Gasteiger partial charge is 0.0441 e. The van der Waals surface area contributed by atoms with Crippen LogP contribution < -0.4 is 11.3 Å². The predicted octanol–water partition coefficient (Wildman–Crippen LogP) is 2.39. The lowest BCUT2D eigenvalue weighted by atomic mass is 10.1. The molecular formula is C11H17ClN2S. The van der Waals surface area contributed by atoms with E-state index in [0.29, 0.717) is 0 Å². The second kappa shape index (κ2) is 6.38. The highest BCUT2D eigenvalue weighted by Crippen LogP contribution is 2.19. The minimum absolute atomic E-state index is 0.278. The molecule has 0 fully saturated rings. The summed E-state index contributed by atoms with van der Waals surface area (Å²) in [5, 5.41) is 0.830. The number of hydrogen-bond donors (Lipinski definition) is 2. The van der Waals surface area contributed by atoms with E-state index in [1.54, 1.807) is 11.8 Å². The van der Waals surface area contributed by atoms with Gasteiger partial charge in [-0.2, -0.15) is 11.8 Å². The molecule has 0 aliphatic heterocycles. The molecule has 0 saturated carbocycles. The molecule has 84 valence electrons.